The lowest BCUT2D eigenvalue weighted by molar-refractivity contribution is -0.122. The molecule has 3 aromatic rings. The van der Waals surface area contributed by atoms with Crippen molar-refractivity contribution >= 4 is 51.1 Å². The minimum absolute atomic E-state index is 0.121. The molecule has 1 fully saturated rings. The number of hydrogen-bond acceptors (Lipinski definition) is 5. The van der Waals surface area contributed by atoms with Crippen LogP contribution in [0.15, 0.2) is 109 Å². The Morgan fingerprint density at radius 3 is 2.56 bits per heavy atom. The van der Waals surface area contributed by atoms with Crippen molar-refractivity contribution in [2.24, 2.45) is 10.2 Å². The first kappa shape index (κ1) is 22.0. The smallest absolute Gasteiger partial charge is 0.267 e. The second kappa shape index (κ2) is 10.4. The molecule has 4 rings (SSSR count). The van der Waals surface area contributed by atoms with E-state index >= 15 is 0 Å². The highest BCUT2D eigenvalue weighted by atomic mass is 79.9. The van der Waals surface area contributed by atoms with Crippen molar-refractivity contribution in [1.29, 1.82) is 0 Å². The summed E-state index contributed by atoms with van der Waals surface area (Å²) in [4.78, 5) is 15.3. The van der Waals surface area contributed by atoms with Crippen molar-refractivity contribution in [2.75, 3.05) is 0 Å². The Hall–Kier alpha value is -3.16. The van der Waals surface area contributed by atoms with E-state index in [1.807, 2.05) is 79.7 Å². The van der Waals surface area contributed by atoms with Crippen molar-refractivity contribution in [2.45, 2.75) is 13.5 Å². The molecule has 32 heavy (non-hydrogen) atoms. The van der Waals surface area contributed by atoms with Crippen LogP contribution in [0.4, 0.5) is 0 Å². The third-order valence-electron chi connectivity index (χ3n) is 4.55. The van der Waals surface area contributed by atoms with Crippen LogP contribution < -0.4 is 0 Å². The number of carbonyl (C=O) groups is 1. The van der Waals surface area contributed by atoms with Gasteiger partial charge in [0, 0.05) is 4.47 Å². The number of rotatable bonds is 6. The van der Waals surface area contributed by atoms with Crippen LogP contribution in [0, 0.1) is 0 Å². The van der Waals surface area contributed by atoms with Crippen molar-refractivity contribution in [3.05, 3.63) is 111 Å². The van der Waals surface area contributed by atoms with Gasteiger partial charge in [-0.05, 0) is 65.7 Å². The number of hydrogen-bond donors (Lipinski definition) is 0. The SMILES string of the molecule is CC(/C=C1\S/C(=N\N=C\c2ccc(Br)cc2)N(Cc2ccco2)C1=O)=C\c1ccccc1. The molecule has 0 saturated carbocycles. The van der Waals surface area contributed by atoms with Gasteiger partial charge in [0.2, 0.25) is 0 Å². The summed E-state index contributed by atoms with van der Waals surface area (Å²) >= 11 is 4.73. The predicted molar refractivity (Wildman–Crippen MR) is 134 cm³/mol. The van der Waals surface area contributed by atoms with Gasteiger partial charge in [-0.2, -0.15) is 5.10 Å². The van der Waals surface area contributed by atoms with Gasteiger partial charge in [-0.3, -0.25) is 9.69 Å². The summed E-state index contributed by atoms with van der Waals surface area (Å²) in [6.07, 6.45) is 7.18. The van der Waals surface area contributed by atoms with Crippen LogP contribution in [0.25, 0.3) is 6.08 Å². The number of carbonyl (C=O) groups excluding carboxylic acids is 1. The molecule has 0 atom stereocenters. The second-order valence-corrected chi connectivity index (χ2v) is 8.98. The average molecular weight is 506 g/mol. The molecule has 2 heterocycles. The number of allylic oxidation sites excluding steroid dienone is 2. The van der Waals surface area contributed by atoms with Crippen molar-refractivity contribution in [3.8, 4) is 0 Å². The van der Waals surface area contributed by atoms with Crippen molar-refractivity contribution < 1.29 is 9.21 Å². The average Bonchev–Trinajstić information content (AvgIpc) is 3.40. The molecule has 0 radical (unpaired) electrons. The Bertz CT molecular complexity index is 1200. The highest BCUT2D eigenvalue weighted by Crippen LogP contribution is 2.33. The van der Waals surface area contributed by atoms with Crippen molar-refractivity contribution in [3.63, 3.8) is 0 Å². The van der Waals surface area contributed by atoms with Crippen LogP contribution in [0.2, 0.25) is 0 Å². The molecule has 0 unspecified atom stereocenters. The van der Waals surface area contributed by atoms with E-state index in [0.717, 1.165) is 21.2 Å². The molecule has 1 aliphatic rings. The molecule has 160 valence electrons. The molecular formula is C25H20BrN3O2S. The van der Waals surface area contributed by atoms with Gasteiger partial charge in [0.05, 0.1) is 23.9 Å². The first-order valence-corrected chi connectivity index (χ1v) is 11.5. The molecular weight excluding hydrogens is 486 g/mol. The lowest BCUT2D eigenvalue weighted by Gasteiger charge is -2.12. The van der Waals surface area contributed by atoms with Crippen molar-refractivity contribution in [1.82, 2.24) is 4.90 Å². The van der Waals surface area contributed by atoms with Gasteiger partial charge in [-0.15, -0.1) is 5.10 Å². The van der Waals surface area contributed by atoms with E-state index in [9.17, 15) is 4.79 Å². The van der Waals surface area contributed by atoms with Crippen LogP contribution in [0.3, 0.4) is 0 Å². The molecule has 1 amide bonds. The highest BCUT2D eigenvalue weighted by molar-refractivity contribution is 9.10. The summed E-state index contributed by atoms with van der Waals surface area (Å²) in [6.45, 7) is 2.27. The first-order valence-electron chi connectivity index (χ1n) is 9.92. The highest BCUT2D eigenvalue weighted by Gasteiger charge is 2.34. The number of amidine groups is 1. The number of halogens is 1. The maximum Gasteiger partial charge on any atom is 0.267 e. The molecule has 1 aliphatic heterocycles. The fraction of sp³-hybridized carbons (Fsp3) is 0.0800. The quantitative estimate of drug-likeness (QED) is 0.218. The summed E-state index contributed by atoms with van der Waals surface area (Å²) in [6, 6.07) is 21.4. The molecule has 1 saturated heterocycles. The Kier molecular flexibility index (Phi) is 7.19. The van der Waals surface area contributed by atoms with Gasteiger partial charge >= 0.3 is 0 Å². The third kappa shape index (κ3) is 5.75. The topological polar surface area (TPSA) is 58.2 Å². The molecule has 0 N–H and O–H groups in total. The van der Waals surface area contributed by atoms with Gasteiger partial charge in [-0.25, -0.2) is 0 Å². The van der Waals surface area contributed by atoms with E-state index in [1.165, 1.54) is 11.8 Å². The monoisotopic (exact) mass is 505 g/mol. The summed E-state index contributed by atoms with van der Waals surface area (Å²) in [5, 5.41) is 9.06. The summed E-state index contributed by atoms with van der Waals surface area (Å²) in [5.41, 5.74) is 2.98. The first-order chi connectivity index (χ1) is 15.6. The zero-order valence-electron chi connectivity index (χ0n) is 17.3. The fourth-order valence-electron chi connectivity index (χ4n) is 3.03. The molecule has 1 aromatic heterocycles. The maximum atomic E-state index is 13.1. The third-order valence-corrected chi connectivity index (χ3v) is 6.08. The fourth-order valence-corrected chi connectivity index (χ4v) is 4.28. The molecule has 0 aliphatic carbocycles. The summed E-state index contributed by atoms with van der Waals surface area (Å²) in [7, 11) is 0. The molecule has 2 aromatic carbocycles. The van der Waals surface area contributed by atoms with E-state index < -0.39 is 0 Å². The van der Waals surface area contributed by atoms with Gasteiger partial charge in [-0.1, -0.05) is 64.5 Å². The molecule has 7 heteroatoms. The number of benzene rings is 2. The Labute approximate surface area is 199 Å². The molecule has 0 bridgehead atoms. The number of furan rings is 1. The summed E-state index contributed by atoms with van der Waals surface area (Å²) < 4.78 is 6.44. The minimum Gasteiger partial charge on any atom is -0.467 e. The summed E-state index contributed by atoms with van der Waals surface area (Å²) in [5.74, 6) is 0.561. The number of amides is 1. The lowest BCUT2D eigenvalue weighted by Crippen LogP contribution is -2.28. The van der Waals surface area contributed by atoms with Crippen LogP contribution in [-0.2, 0) is 11.3 Å². The van der Waals surface area contributed by atoms with Gasteiger partial charge < -0.3 is 4.42 Å². The Balaban J connectivity index is 1.59. The van der Waals surface area contributed by atoms with Crippen LogP contribution in [0.1, 0.15) is 23.8 Å². The second-order valence-electron chi connectivity index (χ2n) is 7.06. The zero-order chi connectivity index (χ0) is 22.3. The van der Waals surface area contributed by atoms with E-state index in [1.54, 1.807) is 23.4 Å². The molecule has 0 spiro atoms. The van der Waals surface area contributed by atoms with E-state index in [0.29, 0.717) is 22.4 Å². The minimum atomic E-state index is -0.121. The van der Waals surface area contributed by atoms with E-state index in [4.69, 9.17) is 4.42 Å². The zero-order valence-corrected chi connectivity index (χ0v) is 19.7. The lowest BCUT2D eigenvalue weighted by atomic mass is 10.1. The largest absolute Gasteiger partial charge is 0.467 e. The van der Waals surface area contributed by atoms with Crippen LogP contribution in [-0.4, -0.2) is 22.2 Å². The standard InChI is InChI=1S/C25H20BrN3O2S/c1-18(14-19-6-3-2-4-7-19)15-23-24(30)29(17-22-8-5-13-31-22)25(32-23)28-27-16-20-9-11-21(26)12-10-20/h2-16H,17H2,1H3/b18-14+,23-15-,27-16+,28-25-. The van der Waals surface area contributed by atoms with Gasteiger partial charge in [0.25, 0.3) is 5.91 Å². The Morgan fingerprint density at radius 2 is 1.84 bits per heavy atom. The van der Waals surface area contributed by atoms with Gasteiger partial charge in [0.1, 0.15) is 5.76 Å². The Morgan fingerprint density at radius 1 is 1.06 bits per heavy atom. The number of thioether (sulfide) groups is 1. The van der Waals surface area contributed by atoms with E-state index in [-0.39, 0.29) is 5.91 Å². The maximum absolute atomic E-state index is 13.1. The molecule has 5 nitrogen and oxygen atoms in total. The van der Waals surface area contributed by atoms with E-state index in [2.05, 4.69) is 26.1 Å². The van der Waals surface area contributed by atoms with Crippen LogP contribution >= 0.6 is 27.7 Å². The van der Waals surface area contributed by atoms with Crippen LogP contribution in [0.5, 0.6) is 0 Å². The normalized spacial score (nSPS) is 17.2. The van der Waals surface area contributed by atoms with Gasteiger partial charge in [0.15, 0.2) is 5.17 Å². The predicted octanol–water partition coefficient (Wildman–Crippen LogP) is 6.50. The number of nitrogens with zero attached hydrogens (tertiary/aromatic N) is 3.